The maximum Gasteiger partial charge on any atom is 0.290 e. The fraction of sp³-hybridized carbons (Fsp3) is 0.300. The van der Waals surface area contributed by atoms with Gasteiger partial charge in [-0.05, 0) is 43.2 Å². The van der Waals surface area contributed by atoms with Gasteiger partial charge in [0.15, 0.2) is 5.78 Å². The first kappa shape index (κ1) is 22.4. The molecule has 0 spiro atoms. The maximum absolute atomic E-state index is 14.5. The number of rotatable bonds is 4. The highest BCUT2D eigenvalue weighted by molar-refractivity contribution is 6.30. The highest BCUT2D eigenvalue weighted by Crippen LogP contribution is 2.33. The second kappa shape index (κ2) is 10.1. The van der Waals surface area contributed by atoms with Crippen LogP contribution in [-0.2, 0) is 21.5 Å². The Bertz CT molecular complexity index is 905. The summed E-state index contributed by atoms with van der Waals surface area (Å²) in [6.45, 7) is 2.23. The smallest absolute Gasteiger partial charge is 0.290 e. The molecule has 3 rings (SSSR count). The third-order valence-corrected chi connectivity index (χ3v) is 4.59. The number of aliphatic imine (C=N–C) groups is 1. The van der Waals surface area contributed by atoms with Crippen LogP contribution in [0.15, 0.2) is 41.5 Å². The van der Waals surface area contributed by atoms with Gasteiger partial charge >= 0.3 is 0 Å². The molecule has 0 radical (unpaired) electrons. The molecule has 0 unspecified atom stereocenters. The number of nitrogens with two attached hydrogens (primary N) is 1. The molecule has 0 amide bonds. The largest absolute Gasteiger partial charge is 0.483 e. The molecule has 0 aliphatic carbocycles. The Morgan fingerprint density at radius 1 is 1.41 bits per heavy atom. The molecule has 9 heteroatoms. The number of aromatic nitrogens is 1. The summed E-state index contributed by atoms with van der Waals surface area (Å²) in [5, 5.41) is 7.35. The SMILES string of the molecule is C[C@@]1(c2cc(CC(=O)c3ccc(Cl)cn3)ccc2F)CCOCC(N)=N1.O=CO. The molecule has 1 aromatic heterocycles. The van der Waals surface area contributed by atoms with Gasteiger partial charge in [-0.1, -0.05) is 17.7 Å². The van der Waals surface area contributed by atoms with Crippen molar-refractivity contribution in [2.24, 2.45) is 10.7 Å². The van der Waals surface area contributed by atoms with Crippen molar-refractivity contribution < 1.29 is 23.8 Å². The third-order valence-electron chi connectivity index (χ3n) is 4.36. The number of ether oxygens (including phenoxy) is 1. The van der Waals surface area contributed by atoms with Crippen molar-refractivity contribution in [1.29, 1.82) is 0 Å². The number of carbonyl (C=O) groups is 2. The van der Waals surface area contributed by atoms with E-state index in [4.69, 9.17) is 32.0 Å². The van der Waals surface area contributed by atoms with E-state index in [0.717, 1.165) is 0 Å². The van der Waals surface area contributed by atoms with E-state index >= 15 is 0 Å². The third kappa shape index (κ3) is 6.07. The summed E-state index contributed by atoms with van der Waals surface area (Å²) in [5.74, 6) is -0.223. The van der Waals surface area contributed by atoms with Gasteiger partial charge in [-0.25, -0.2) is 4.39 Å². The van der Waals surface area contributed by atoms with Crippen LogP contribution in [0.5, 0.6) is 0 Å². The molecule has 0 saturated carbocycles. The molecule has 2 heterocycles. The molecular weight excluding hydrogens is 401 g/mol. The van der Waals surface area contributed by atoms with Gasteiger partial charge in [0, 0.05) is 24.8 Å². The number of hydrogen-bond acceptors (Lipinski definition) is 6. The summed E-state index contributed by atoms with van der Waals surface area (Å²) in [6.07, 6.45) is 2.03. The van der Waals surface area contributed by atoms with Gasteiger partial charge in [-0.2, -0.15) is 0 Å². The summed E-state index contributed by atoms with van der Waals surface area (Å²) in [4.78, 5) is 29.3. The molecule has 3 N–H and O–H groups in total. The van der Waals surface area contributed by atoms with E-state index in [0.29, 0.717) is 40.7 Å². The Kier molecular flexibility index (Phi) is 7.81. The van der Waals surface area contributed by atoms with Crippen LogP contribution >= 0.6 is 11.6 Å². The van der Waals surface area contributed by atoms with Gasteiger partial charge in [-0.3, -0.25) is 19.6 Å². The highest BCUT2D eigenvalue weighted by atomic mass is 35.5. The minimum atomic E-state index is -0.831. The molecule has 1 aromatic carbocycles. The summed E-state index contributed by atoms with van der Waals surface area (Å²) in [7, 11) is 0. The van der Waals surface area contributed by atoms with Crippen molar-refractivity contribution in [1.82, 2.24) is 4.98 Å². The average molecular weight is 422 g/mol. The molecule has 154 valence electrons. The number of amidine groups is 1. The standard InChI is InChI=1S/C19H19ClFN3O2.CH2O2/c1-19(6-7-26-11-18(22)24-19)14-8-12(2-4-15(14)21)9-17(25)16-5-3-13(20)10-23-16;2-1-3/h2-5,8,10H,6-7,9,11H2,1H3,(H2,22,24);1H,(H,2,3)/t19-;/m0./s1. The van der Waals surface area contributed by atoms with E-state index in [1.54, 1.807) is 24.3 Å². The van der Waals surface area contributed by atoms with Crippen LogP contribution < -0.4 is 5.73 Å². The van der Waals surface area contributed by atoms with Crippen LogP contribution in [0.1, 0.15) is 35.0 Å². The number of nitrogens with zero attached hydrogens (tertiary/aromatic N) is 2. The Labute approximate surface area is 172 Å². The predicted octanol–water partition coefficient (Wildman–Crippen LogP) is 2.99. The first-order valence-electron chi connectivity index (χ1n) is 8.72. The first-order valence-corrected chi connectivity index (χ1v) is 9.10. The number of Topliss-reactive ketones (excluding diaryl/α,β-unsaturated/α-hetero) is 1. The summed E-state index contributed by atoms with van der Waals surface area (Å²) in [5.41, 5.74) is 6.41. The van der Waals surface area contributed by atoms with Gasteiger partial charge in [0.1, 0.15) is 24.0 Å². The molecule has 29 heavy (non-hydrogen) atoms. The summed E-state index contributed by atoms with van der Waals surface area (Å²) in [6, 6.07) is 7.81. The van der Waals surface area contributed by atoms with Crippen LogP contribution in [0.2, 0.25) is 5.02 Å². The van der Waals surface area contributed by atoms with Gasteiger partial charge in [0.05, 0.1) is 10.6 Å². The van der Waals surface area contributed by atoms with E-state index in [9.17, 15) is 9.18 Å². The van der Waals surface area contributed by atoms with Crippen molar-refractivity contribution in [2.45, 2.75) is 25.3 Å². The van der Waals surface area contributed by atoms with E-state index < -0.39 is 5.54 Å². The second-order valence-electron chi connectivity index (χ2n) is 6.56. The van der Waals surface area contributed by atoms with Crippen LogP contribution in [0.3, 0.4) is 0 Å². The zero-order chi connectivity index (χ0) is 21.4. The fourth-order valence-corrected chi connectivity index (χ4v) is 3.07. The average Bonchev–Trinajstić information content (AvgIpc) is 2.85. The van der Waals surface area contributed by atoms with Crippen molar-refractivity contribution >= 4 is 29.7 Å². The zero-order valence-electron chi connectivity index (χ0n) is 15.8. The Hall–Kier alpha value is -2.84. The Morgan fingerprint density at radius 3 is 2.79 bits per heavy atom. The number of pyridine rings is 1. The summed E-state index contributed by atoms with van der Waals surface area (Å²) < 4.78 is 19.9. The van der Waals surface area contributed by atoms with E-state index in [-0.39, 0.29) is 31.1 Å². The lowest BCUT2D eigenvalue weighted by molar-refractivity contribution is -0.122. The molecule has 1 atom stereocenters. The van der Waals surface area contributed by atoms with E-state index in [1.807, 2.05) is 6.92 Å². The molecule has 1 aliphatic rings. The lowest BCUT2D eigenvalue weighted by Crippen LogP contribution is -2.25. The fourth-order valence-electron chi connectivity index (χ4n) is 2.96. The second-order valence-corrected chi connectivity index (χ2v) is 7.00. The van der Waals surface area contributed by atoms with Crippen molar-refractivity contribution in [2.75, 3.05) is 13.2 Å². The topological polar surface area (TPSA) is 115 Å². The van der Waals surface area contributed by atoms with Gasteiger partial charge < -0.3 is 15.6 Å². The number of carboxylic acid groups (broad SMARTS) is 1. The molecule has 0 bridgehead atoms. The number of ketones is 1. The van der Waals surface area contributed by atoms with Crippen molar-refractivity contribution in [3.63, 3.8) is 0 Å². The molecule has 0 fully saturated rings. The lowest BCUT2D eigenvalue weighted by atomic mass is 9.87. The maximum atomic E-state index is 14.5. The van der Waals surface area contributed by atoms with E-state index in [1.165, 1.54) is 12.3 Å². The molecule has 2 aromatic rings. The first-order chi connectivity index (χ1) is 13.8. The number of halogens is 2. The molecule has 1 aliphatic heterocycles. The van der Waals surface area contributed by atoms with Gasteiger partial charge in [0.2, 0.25) is 0 Å². The molecular formula is C20H21ClFN3O4. The monoisotopic (exact) mass is 421 g/mol. The van der Waals surface area contributed by atoms with Crippen LogP contribution in [0.4, 0.5) is 4.39 Å². The lowest BCUT2D eigenvalue weighted by Gasteiger charge is -2.25. The Balaban J connectivity index is 0.000000941. The van der Waals surface area contributed by atoms with Crippen molar-refractivity contribution in [3.05, 3.63) is 64.2 Å². The zero-order valence-corrected chi connectivity index (χ0v) is 16.5. The van der Waals surface area contributed by atoms with Crippen LogP contribution in [-0.4, -0.2) is 41.4 Å². The minimum absolute atomic E-state index is 0.105. The predicted molar refractivity (Wildman–Crippen MR) is 107 cm³/mol. The minimum Gasteiger partial charge on any atom is -0.483 e. The van der Waals surface area contributed by atoms with Gasteiger partial charge in [-0.15, -0.1) is 0 Å². The highest BCUT2D eigenvalue weighted by Gasteiger charge is 2.31. The van der Waals surface area contributed by atoms with Crippen LogP contribution in [0, 0.1) is 5.82 Å². The molecule has 7 nitrogen and oxygen atoms in total. The van der Waals surface area contributed by atoms with Crippen LogP contribution in [0.25, 0.3) is 0 Å². The normalized spacial score (nSPS) is 18.7. The number of hydrogen-bond donors (Lipinski definition) is 2. The summed E-state index contributed by atoms with van der Waals surface area (Å²) >= 11 is 5.79. The quantitative estimate of drug-likeness (QED) is 0.579. The number of carbonyl (C=O) groups excluding carboxylic acids is 1. The van der Waals surface area contributed by atoms with Gasteiger partial charge in [0.25, 0.3) is 6.47 Å². The van der Waals surface area contributed by atoms with E-state index in [2.05, 4.69) is 9.98 Å². The number of benzene rings is 1. The van der Waals surface area contributed by atoms with Crippen molar-refractivity contribution in [3.8, 4) is 0 Å². The molecule has 0 saturated heterocycles. The Morgan fingerprint density at radius 2 is 2.14 bits per heavy atom.